The van der Waals surface area contributed by atoms with Gasteiger partial charge in [-0.2, -0.15) is 0 Å². The lowest BCUT2D eigenvalue weighted by Crippen LogP contribution is -2.42. The van der Waals surface area contributed by atoms with Crippen LogP contribution in [0.1, 0.15) is 13.8 Å². The van der Waals surface area contributed by atoms with Gasteiger partial charge >= 0.3 is 0 Å². The minimum atomic E-state index is 0.226. The van der Waals surface area contributed by atoms with Crippen molar-refractivity contribution >= 4 is 0 Å². The Hall–Kier alpha value is -0.120. The highest BCUT2D eigenvalue weighted by molar-refractivity contribution is 4.86. The van der Waals surface area contributed by atoms with Gasteiger partial charge in [-0.25, -0.2) is 0 Å². The topological polar surface area (TPSA) is 35.5 Å². The van der Waals surface area contributed by atoms with Gasteiger partial charge in [-0.1, -0.05) is 6.92 Å². The van der Waals surface area contributed by atoms with Crippen LogP contribution in [0.2, 0.25) is 0 Å². The lowest BCUT2D eigenvalue weighted by molar-refractivity contribution is 0.234. The second-order valence-corrected chi connectivity index (χ2v) is 4.06. The summed E-state index contributed by atoms with van der Waals surface area (Å²) in [5.41, 5.74) is 0. The molecule has 0 aliphatic carbocycles. The third-order valence-electron chi connectivity index (χ3n) is 2.57. The van der Waals surface area contributed by atoms with Crippen molar-refractivity contribution in [3.63, 3.8) is 0 Å². The molecule has 1 fully saturated rings. The van der Waals surface area contributed by atoms with Gasteiger partial charge < -0.3 is 15.3 Å². The van der Waals surface area contributed by atoms with Crippen molar-refractivity contribution in [2.75, 3.05) is 26.7 Å². The summed E-state index contributed by atoms with van der Waals surface area (Å²) >= 11 is 0. The van der Waals surface area contributed by atoms with Crippen LogP contribution in [0, 0.1) is 5.92 Å². The lowest BCUT2D eigenvalue weighted by atomic mass is 10.1. The molecule has 1 rings (SSSR count). The number of aliphatic hydroxyl groups is 1. The number of nitrogens with one attached hydrogen (secondary N) is 1. The smallest absolute Gasteiger partial charge is 0.0582 e. The molecular formula is C9H20N2O. The van der Waals surface area contributed by atoms with E-state index in [0.29, 0.717) is 12.0 Å². The second kappa shape index (κ2) is 4.21. The molecule has 72 valence electrons. The van der Waals surface area contributed by atoms with Gasteiger partial charge in [-0.3, -0.25) is 0 Å². The predicted octanol–water partition coefficient (Wildman–Crippen LogP) is -0.0931. The van der Waals surface area contributed by atoms with E-state index in [9.17, 15) is 0 Å². The maximum Gasteiger partial charge on any atom is 0.0582 e. The molecule has 0 aromatic rings. The van der Waals surface area contributed by atoms with Crippen LogP contribution in [0.25, 0.3) is 0 Å². The van der Waals surface area contributed by atoms with Crippen molar-refractivity contribution in [3.8, 4) is 0 Å². The summed E-state index contributed by atoms with van der Waals surface area (Å²) in [6, 6.07) is 0.779. The molecule has 1 aliphatic rings. The normalized spacial score (nSPS) is 34.0. The van der Waals surface area contributed by atoms with Crippen molar-refractivity contribution in [2.24, 2.45) is 5.92 Å². The third-order valence-corrected chi connectivity index (χ3v) is 2.57. The van der Waals surface area contributed by atoms with Gasteiger partial charge in [0.2, 0.25) is 0 Å². The largest absolute Gasteiger partial charge is 0.395 e. The highest BCUT2D eigenvalue weighted by Gasteiger charge is 2.27. The van der Waals surface area contributed by atoms with Crippen LogP contribution in [-0.2, 0) is 0 Å². The van der Waals surface area contributed by atoms with E-state index < -0.39 is 0 Å². The quantitative estimate of drug-likeness (QED) is 0.624. The molecule has 3 nitrogen and oxygen atoms in total. The van der Waals surface area contributed by atoms with Gasteiger partial charge in [0.1, 0.15) is 0 Å². The molecule has 0 bridgehead atoms. The Morgan fingerprint density at radius 3 is 2.67 bits per heavy atom. The molecular weight excluding hydrogens is 152 g/mol. The van der Waals surface area contributed by atoms with Crippen LogP contribution >= 0.6 is 0 Å². The Kier molecular flexibility index (Phi) is 3.50. The van der Waals surface area contributed by atoms with Gasteiger partial charge in [-0.05, 0) is 19.9 Å². The van der Waals surface area contributed by atoms with Crippen molar-refractivity contribution in [1.29, 1.82) is 0 Å². The van der Waals surface area contributed by atoms with E-state index in [1.54, 1.807) is 0 Å². The molecule has 1 heterocycles. The number of nitrogens with zero attached hydrogens (tertiary/aromatic N) is 1. The van der Waals surface area contributed by atoms with E-state index in [4.69, 9.17) is 5.11 Å². The molecule has 3 atom stereocenters. The molecule has 1 aliphatic heterocycles. The number of rotatable bonds is 3. The fraction of sp³-hybridized carbons (Fsp3) is 1.00. The van der Waals surface area contributed by atoms with E-state index in [0.717, 1.165) is 13.1 Å². The fourth-order valence-electron chi connectivity index (χ4n) is 1.84. The van der Waals surface area contributed by atoms with Gasteiger partial charge in [0.25, 0.3) is 0 Å². The molecule has 0 aromatic heterocycles. The molecule has 0 saturated carbocycles. The Morgan fingerprint density at radius 2 is 2.25 bits per heavy atom. The molecule has 12 heavy (non-hydrogen) atoms. The van der Waals surface area contributed by atoms with Gasteiger partial charge in [0.15, 0.2) is 0 Å². The average Bonchev–Trinajstić information content (AvgIpc) is 2.30. The summed E-state index contributed by atoms with van der Waals surface area (Å²) < 4.78 is 0. The molecule has 3 heteroatoms. The van der Waals surface area contributed by atoms with Crippen LogP contribution in [-0.4, -0.2) is 48.8 Å². The van der Waals surface area contributed by atoms with Crippen LogP contribution in [0.3, 0.4) is 0 Å². The van der Waals surface area contributed by atoms with Crippen molar-refractivity contribution in [2.45, 2.75) is 25.9 Å². The van der Waals surface area contributed by atoms with Crippen LogP contribution in [0.5, 0.6) is 0 Å². The van der Waals surface area contributed by atoms with E-state index >= 15 is 0 Å². The highest BCUT2D eigenvalue weighted by Crippen LogP contribution is 2.14. The zero-order valence-corrected chi connectivity index (χ0v) is 8.25. The maximum atomic E-state index is 8.87. The predicted molar refractivity (Wildman–Crippen MR) is 50.1 cm³/mol. The number of hydrogen-bond acceptors (Lipinski definition) is 3. The molecule has 0 radical (unpaired) electrons. The average molecular weight is 172 g/mol. The molecule has 0 aromatic carbocycles. The lowest BCUT2D eigenvalue weighted by Gasteiger charge is -2.20. The zero-order valence-electron chi connectivity index (χ0n) is 8.25. The van der Waals surface area contributed by atoms with Crippen LogP contribution < -0.4 is 5.32 Å². The first-order chi connectivity index (χ1) is 5.63. The summed E-state index contributed by atoms with van der Waals surface area (Å²) in [5.74, 6) is 0.698. The summed E-state index contributed by atoms with van der Waals surface area (Å²) in [7, 11) is 2.14. The third kappa shape index (κ3) is 2.44. The SMILES string of the molecule is CC1CN(C)CC1N[C@H](C)CO. The summed E-state index contributed by atoms with van der Waals surface area (Å²) in [5, 5.41) is 12.3. The van der Waals surface area contributed by atoms with Gasteiger partial charge in [0, 0.05) is 25.2 Å². The number of aliphatic hydroxyl groups excluding tert-OH is 1. The molecule has 1 saturated heterocycles. The minimum Gasteiger partial charge on any atom is -0.395 e. The van der Waals surface area contributed by atoms with Crippen molar-refractivity contribution < 1.29 is 5.11 Å². The van der Waals surface area contributed by atoms with E-state index in [-0.39, 0.29) is 12.6 Å². The van der Waals surface area contributed by atoms with Crippen LogP contribution in [0.4, 0.5) is 0 Å². The van der Waals surface area contributed by atoms with Gasteiger partial charge in [0.05, 0.1) is 6.61 Å². The van der Waals surface area contributed by atoms with Crippen LogP contribution in [0.15, 0.2) is 0 Å². The Morgan fingerprint density at radius 1 is 1.58 bits per heavy atom. The highest BCUT2D eigenvalue weighted by atomic mass is 16.3. The van der Waals surface area contributed by atoms with Crippen molar-refractivity contribution in [1.82, 2.24) is 10.2 Å². The first kappa shape index (κ1) is 9.96. The minimum absolute atomic E-state index is 0.226. The van der Waals surface area contributed by atoms with E-state index in [1.807, 2.05) is 6.92 Å². The van der Waals surface area contributed by atoms with Crippen molar-refractivity contribution in [3.05, 3.63) is 0 Å². The Balaban J connectivity index is 2.32. The Labute approximate surface area is 74.8 Å². The van der Waals surface area contributed by atoms with E-state index in [2.05, 4.69) is 24.2 Å². The molecule has 0 spiro atoms. The van der Waals surface area contributed by atoms with Gasteiger partial charge in [-0.15, -0.1) is 0 Å². The Bertz CT molecular complexity index is 140. The summed E-state index contributed by atoms with van der Waals surface area (Å²) in [6.07, 6.45) is 0. The molecule has 2 N–H and O–H groups in total. The molecule has 2 unspecified atom stereocenters. The number of likely N-dealkylation sites (N-methyl/N-ethyl adjacent to an activating group) is 1. The monoisotopic (exact) mass is 172 g/mol. The first-order valence-electron chi connectivity index (χ1n) is 4.69. The second-order valence-electron chi connectivity index (χ2n) is 4.06. The number of likely N-dealkylation sites (tertiary alicyclic amines) is 1. The molecule has 0 amide bonds. The summed E-state index contributed by atoms with van der Waals surface area (Å²) in [6.45, 7) is 6.77. The number of hydrogen-bond donors (Lipinski definition) is 2. The zero-order chi connectivity index (χ0) is 9.14. The summed E-state index contributed by atoms with van der Waals surface area (Å²) in [4.78, 5) is 2.33. The van der Waals surface area contributed by atoms with E-state index in [1.165, 1.54) is 0 Å². The fourth-order valence-corrected chi connectivity index (χ4v) is 1.84. The maximum absolute atomic E-state index is 8.87. The first-order valence-corrected chi connectivity index (χ1v) is 4.69. The standard InChI is InChI=1S/C9H20N2O/c1-7-4-11(3)5-9(7)10-8(2)6-12/h7-10,12H,4-6H2,1-3H3/t7?,8-,9?/m1/s1.